The van der Waals surface area contributed by atoms with Crippen LogP contribution in [0.2, 0.25) is 0 Å². The number of benzene rings is 1. The van der Waals surface area contributed by atoms with Crippen LogP contribution in [0.4, 0.5) is 17.3 Å². The molecular formula is C18H25N5. The molecule has 0 atom stereocenters. The highest BCUT2D eigenvalue weighted by Gasteiger charge is 2.17. The van der Waals surface area contributed by atoms with Gasteiger partial charge in [-0.1, -0.05) is 49.6 Å². The average molecular weight is 311 g/mol. The second-order valence-corrected chi connectivity index (χ2v) is 6.28. The van der Waals surface area contributed by atoms with Crippen LogP contribution in [0.25, 0.3) is 0 Å². The SMILES string of the molecule is CN(Cc1ccccc1)c1ncnc(NC2CCCCC2)c1N. The van der Waals surface area contributed by atoms with E-state index in [0.717, 1.165) is 18.2 Å². The van der Waals surface area contributed by atoms with Gasteiger partial charge in [0, 0.05) is 19.6 Å². The van der Waals surface area contributed by atoms with Gasteiger partial charge in [0.15, 0.2) is 11.6 Å². The van der Waals surface area contributed by atoms with Gasteiger partial charge < -0.3 is 16.0 Å². The fourth-order valence-electron chi connectivity index (χ4n) is 3.18. The zero-order valence-electron chi connectivity index (χ0n) is 13.7. The first-order chi connectivity index (χ1) is 11.2. The van der Waals surface area contributed by atoms with Crippen molar-refractivity contribution in [3.05, 3.63) is 42.2 Å². The summed E-state index contributed by atoms with van der Waals surface area (Å²) in [6, 6.07) is 10.8. The monoisotopic (exact) mass is 311 g/mol. The minimum atomic E-state index is 0.480. The third kappa shape index (κ3) is 3.92. The Balaban J connectivity index is 1.73. The molecule has 0 spiro atoms. The Morgan fingerprint density at radius 3 is 2.61 bits per heavy atom. The van der Waals surface area contributed by atoms with Gasteiger partial charge in [-0.25, -0.2) is 9.97 Å². The summed E-state index contributed by atoms with van der Waals surface area (Å²) in [5.41, 5.74) is 8.19. The Morgan fingerprint density at radius 2 is 1.87 bits per heavy atom. The minimum absolute atomic E-state index is 0.480. The molecule has 0 bridgehead atoms. The molecule has 5 heteroatoms. The molecule has 122 valence electrons. The lowest BCUT2D eigenvalue weighted by molar-refractivity contribution is 0.462. The van der Waals surface area contributed by atoms with Gasteiger partial charge in [0.05, 0.1) is 0 Å². The van der Waals surface area contributed by atoms with Crippen LogP contribution in [0, 0.1) is 0 Å². The zero-order valence-corrected chi connectivity index (χ0v) is 13.7. The van der Waals surface area contributed by atoms with E-state index < -0.39 is 0 Å². The van der Waals surface area contributed by atoms with Crippen LogP contribution in [0.1, 0.15) is 37.7 Å². The van der Waals surface area contributed by atoms with E-state index in [0.29, 0.717) is 11.7 Å². The number of anilines is 3. The molecule has 0 radical (unpaired) electrons. The first-order valence-electron chi connectivity index (χ1n) is 8.36. The van der Waals surface area contributed by atoms with E-state index in [2.05, 4.69) is 32.3 Å². The molecule has 1 aliphatic rings. The molecule has 0 saturated heterocycles. The Kier molecular flexibility index (Phi) is 4.95. The highest BCUT2D eigenvalue weighted by molar-refractivity contribution is 5.74. The van der Waals surface area contributed by atoms with Crippen molar-refractivity contribution in [2.75, 3.05) is 23.0 Å². The summed E-state index contributed by atoms with van der Waals surface area (Å²) < 4.78 is 0. The van der Waals surface area contributed by atoms with Gasteiger partial charge in [-0.2, -0.15) is 0 Å². The van der Waals surface area contributed by atoms with Gasteiger partial charge in [-0.05, 0) is 18.4 Å². The summed E-state index contributed by atoms with van der Waals surface area (Å²) in [6.45, 7) is 0.769. The van der Waals surface area contributed by atoms with Crippen molar-refractivity contribution in [3.8, 4) is 0 Å². The summed E-state index contributed by atoms with van der Waals surface area (Å²) in [5, 5.41) is 3.51. The van der Waals surface area contributed by atoms with Crippen molar-refractivity contribution >= 4 is 17.3 Å². The molecule has 2 aromatic rings. The molecule has 0 aliphatic heterocycles. The molecule has 5 nitrogen and oxygen atoms in total. The number of rotatable bonds is 5. The fraction of sp³-hybridized carbons (Fsp3) is 0.444. The molecular weight excluding hydrogens is 286 g/mol. The van der Waals surface area contributed by atoms with Gasteiger partial charge in [0.25, 0.3) is 0 Å². The van der Waals surface area contributed by atoms with E-state index in [1.54, 1.807) is 6.33 Å². The van der Waals surface area contributed by atoms with Crippen LogP contribution < -0.4 is 16.0 Å². The van der Waals surface area contributed by atoms with E-state index in [-0.39, 0.29) is 0 Å². The molecule has 1 aromatic heterocycles. The summed E-state index contributed by atoms with van der Waals surface area (Å²) in [7, 11) is 2.01. The van der Waals surface area contributed by atoms with E-state index in [4.69, 9.17) is 5.73 Å². The topological polar surface area (TPSA) is 67.1 Å². The van der Waals surface area contributed by atoms with Crippen molar-refractivity contribution < 1.29 is 0 Å². The van der Waals surface area contributed by atoms with E-state index in [1.807, 2.05) is 25.2 Å². The maximum Gasteiger partial charge on any atom is 0.157 e. The Labute approximate surface area is 137 Å². The van der Waals surface area contributed by atoms with Gasteiger partial charge in [-0.3, -0.25) is 0 Å². The van der Waals surface area contributed by atoms with Crippen LogP contribution >= 0.6 is 0 Å². The molecule has 1 aromatic carbocycles. The van der Waals surface area contributed by atoms with Crippen LogP contribution in [0.3, 0.4) is 0 Å². The smallest absolute Gasteiger partial charge is 0.157 e. The predicted molar refractivity (Wildman–Crippen MR) is 95.5 cm³/mol. The molecule has 1 aliphatic carbocycles. The van der Waals surface area contributed by atoms with Gasteiger partial charge in [0.2, 0.25) is 0 Å². The molecule has 1 heterocycles. The van der Waals surface area contributed by atoms with Crippen molar-refractivity contribution in [2.24, 2.45) is 0 Å². The predicted octanol–water partition coefficient (Wildman–Crippen LogP) is 3.44. The summed E-state index contributed by atoms with van der Waals surface area (Å²) in [4.78, 5) is 10.8. The number of aromatic nitrogens is 2. The van der Waals surface area contributed by atoms with Crippen LogP contribution in [0.5, 0.6) is 0 Å². The first-order valence-corrected chi connectivity index (χ1v) is 8.36. The molecule has 1 fully saturated rings. The third-order valence-corrected chi connectivity index (χ3v) is 4.43. The Morgan fingerprint density at radius 1 is 1.13 bits per heavy atom. The second kappa shape index (κ2) is 7.31. The van der Waals surface area contributed by atoms with Crippen molar-refractivity contribution in [1.82, 2.24) is 9.97 Å². The van der Waals surface area contributed by atoms with Crippen molar-refractivity contribution in [3.63, 3.8) is 0 Å². The van der Waals surface area contributed by atoms with E-state index >= 15 is 0 Å². The number of hydrogen-bond acceptors (Lipinski definition) is 5. The van der Waals surface area contributed by atoms with Crippen molar-refractivity contribution in [2.45, 2.75) is 44.7 Å². The molecule has 1 saturated carbocycles. The Bertz CT molecular complexity index is 623. The van der Waals surface area contributed by atoms with Gasteiger partial charge in [0.1, 0.15) is 12.0 Å². The van der Waals surface area contributed by atoms with E-state index in [9.17, 15) is 0 Å². The lowest BCUT2D eigenvalue weighted by Crippen LogP contribution is -2.25. The quantitative estimate of drug-likeness (QED) is 0.885. The maximum absolute atomic E-state index is 6.33. The van der Waals surface area contributed by atoms with E-state index in [1.165, 1.54) is 37.7 Å². The zero-order chi connectivity index (χ0) is 16.1. The minimum Gasteiger partial charge on any atom is -0.393 e. The second-order valence-electron chi connectivity index (χ2n) is 6.28. The van der Waals surface area contributed by atoms with Gasteiger partial charge in [-0.15, -0.1) is 0 Å². The highest BCUT2D eigenvalue weighted by Crippen LogP contribution is 2.29. The average Bonchev–Trinajstić information content (AvgIpc) is 2.58. The van der Waals surface area contributed by atoms with Gasteiger partial charge >= 0.3 is 0 Å². The number of nitrogens with zero attached hydrogens (tertiary/aromatic N) is 3. The number of nitrogens with one attached hydrogen (secondary N) is 1. The summed E-state index contributed by atoms with van der Waals surface area (Å²) in [6.07, 6.45) is 7.88. The lowest BCUT2D eigenvalue weighted by atomic mass is 9.95. The molecule has 3 N–H and O–H groups in total. The molecule has 3 rings (SSSR count). The molecule has 0 amide bonds. The maximum atomic E-state index is 6.33. The molecule has 23 heavy (non-hydrogen) atoms. The standard InChI is InChI=1S/C18H25N5/c1-23(12-14-8-4-2-5-9-14)18-16(19)17(20-13-21-18)22-15-10-6-3-7-11-15/h2,4-5,8-9,13,15H,3,6-7,10-12,19H2,1H3,(H,20,21,22). The number of nitrogen functional groups attached to an aromatic ring is 1. The van der Waals surface area contributed by atoms with Crippen LogP contribution in [-0.2, 0) is 6.54 Å². The molecule has 0 unspecified atom stereocenters. The summed E-state index contributed by atoms with van der Waals surface area (Å²) >= 11 is 0. The van der Waals surface area contributed by atoms with Crippen LogP contribution in [0.15, 0.2) is 36.7 Å². The Hall–Kier alpha value is -2.30. The van der Waals surface area contributed by atoms with Crippen molar-refractivity contribution in [1.29, 1.82) is 0 Å². The normalized spacial score (nSPS) is 15.3. The third-order valence-electron chi connectivity index (χ3n) is 4.43. The largest absolute Gasteiger partial charge is 0.393 e. The fourth-order valence-corrected chi connectivity index (χ4v) is 3.18. The first kappa shape index (κ1) is 15.6. The lowest BCUT2D eigenvalue weighted by Gasteiger charge is -2.25. The summed E-state index contributed by atoms with van der Waals surface area (Å²) in [5.74, 6) is 1.55. The number of hydrogen-bond donors (Lipinski definition) is 2. The highest BCUT2D eigenvalue weighted by atomic mass is 15.2. The number of nitrogens with two attached hydrogens (primary N) is 1. The van der Waals surface area contributed by atoms with Crippen LogP contribution in [-0.4, -0.2) is 23.1 Å².